The minimum absolute atomic E-state index is 0.279. The molecule has 1 aromatic carbocycles. The largest absolute Gasteiger partial charge is 0.493 e. The summed E-state index contributed by atoms with van der Waals surface area (Å²) in [4.78, 5) is 2.48. The fourth-order valence-corrected chi connectivity index (χ4v) is 3.56. The van der Waals surface area contributed by atoms with E-state index < -0.39 is 0 Å². The average Bonchev–Trinajstić information content (AvgIpc) is 2.97. The average molecular weight is 290 g/mol. The van der Waals surface area contributed by atoms with Crippen LogP contribution in [-0.2, 0) is 11.2 Å². The number of benzene rings is 1. The van der Waals surface area contributed by atoms with Crippen molar-refractivity contribution >= 4 is 0 Å². The molecule has 0 saturated carbocycles. The quantitative estimate of drug-likeness (QED) is 0.921. The smallest absolute Gasteiger partial charge is 0.122 e. The van der Waals surface area contributed by atoms with E-state index in [0.29, 0.717) is 18.6 Å². The molecule has 0 amide bonds. The van der Waals surface area contributed by atoms with Gasteiger partial charge < -0.3 is 15.2 Å². The van der Waals surface area contributed by atoms with E-state index in [1.54, 1.807) is 0 Å². The number of hydrogen-bond donors (Lipinski definition) is 1. The van der Waals surface area contributed by atoms with Gasteiger partial charge in [-0.1, -0.05) is 19.1 Å². The molecule has 0 bridgehead atoms. The molecule has 2 aliphatic rings. The molecule has 0 spiro atoms. The van der Waals surface area contributed by atoms with Crippen LogP contribution in [0.3, 0.4) is 0 Å². The highest BCUT2D eigenvalue weighted by molar-refractivity contribution is 5.41. The summed E-state index contributed by atoms with van der Waals surface area (Å²) in [6.45, 7) is 5.78. The number of nitrogens with zero attached hydrogens (tertiary/aromatic N) is 1. The number of fused-ring (bicyclic) bond motifs is 1. The molecule has 0 aliphatic carbocycles. The Balaban J connectivity index is 1.78. The van der Waals surface area contributed by atoms with Gasteiger partial charge in [-0.25, -0.2) is 0 Å². The van der Waals surface area contributed by atoms with Crippen molar-refractivity contribution < 1.29 is 9.47 Å². The third-order valence-corrected chi connectivity index (χ3v) is 4.99. The van der Waals surface area contributed by atoms with Gasteiger partial charge in [-0.15, -0.1) is 0 Å². The monoisotopic (exact) mass is 290 g/mol. The first kappa shape index (κ1) is 14.8. The summed E-state index contributed by atoms with van der Waals surface area (Å²) < 4.78 is 11.2. The molecular formula is C17H26N2O2. The van der Waals surface area contributed by atoms with Crippen molar-refractivity contribution in [2.75, 3.05) is 33.4 Å². The maximum Gasteiger partial charge on any atom is 0.122 e. The lowest BCUT2D eigenvalue weighted by Crippen LogP contribution is -2.47. The molecule has 3 rings (SSSR count). The summed E-state index contributed by atoms with van der Waals surface area (Å²) in [5.41, 5.74) is 8.72. The number of piperidine rings is 1. The van der Waals surface area contributed by atoms with Gasteiger partial charge in [-0.2, -0.15) is 0 Å². The summed E-state index contributed by atoms with van der Waals surface area (Å²) in [5, 5.41) is 0. The summed E-state index contributed by atoms with van der Waals surface area (Å²) >= 11 is 0. The van der Waals surface area contributed by atoms with Gasteiger partial charge in [0.15, 0.2) is 0 Å². The number of rotatable bonds is 4. The molecule has 2 heterocycles. The van der Waals surface area contributed by atoms with E-state index in [-0.39, 0.29) is 6.04 Å². The van der Waals surface area contributed by atoms with Gasteiger partial charge in [0.25, 0.3) is 0 Å². The zero-order chi connectivity index (χ0) is 14.8. The lowest BCUT2D eigenvalue weighted by molar-refractivity contribution is -0.0183. The van der Waals surface area contributed by atoms with E-state index >= 15 is 0 Å². The van der Waals surface area contributed by atoms with Crippen molar-refractivity contribution in [3.8, 4) is 5.75 Å². The Morgan fingerprint density at radius 3 is 3.10 bits per heavy atom. The van der Waals surface area contributed by atoms with Gasteiger partial charge >= 0.3 is 0 Å². The van der Waals surface area contributed by atoms with Gasteiger partial charge in [0, 0.05) is 32.7 Å². The minimum Gasteiger partial charge on any atom is -0.493 e. The van der Waals surface area contributed by atoms with Gasteiger partial charge in [-0.05, 0) is 36.1 Å². The van der Waals surface area contributed by atoms with Crippen LogP contribution < -0.4 is 10.5 Å². The van der Waals surface area contributed by atoms with Crippen LogP contribution in [0.2, 0.25) is 0 Å². The van der Waals surface area contributed by atoms with Crippen LogP contribution in [0.1, 0.15) is 30.5 Å². The van der Waals surface area contributed by atoms with Crippen LogP contribution >= 0.6 is 0 Å². The van der Waals surface area contributed by atoms with Crippen LogP contribution in [0.5, 0.6) is 5.75 Å². The van der Waals surface area contributed by atoms with E-state index in [9.17, 15) is 0 Å². The Kier molecular flexibility index (Phi) is 4.48. The standard InChI is InChI=1S/C17H26N2O2/c1-12-5-7-19(11-17(12)20-2)15(10-18)13-3-4-16-14(9-13)6-8-21-16/h3-4,9,12,15,17H,5-8,10-11,18H2,1-2H3. The van der Waals surface area contributed by atoms with Gasteiger partial charge in [-0.3, -0.25) is 4.90 Å². The topological polar surface area (TPSA) is 47.7 Å². The normalized spacial score (nSPS) is 27.2. The zero-order valence-corrected chi connectivity index (χ0v) is 13.0. The second-order valence-corrected chi connectivity index (χ2v) is 6.25. The van der Waals surface area contributed by atoms with Gasteiger partial charge in [0.1, 0.15) is 5.75 Å². The molecule has 4 heteroatoms. The molecule has 1 aromatic rings. The Hall–Kier alpha value is -1.10. The zero-order valence-electron chi connectivity index (χ0n) is 13.0. The molecule has 2 N–H and O–H groups in total. The Bertz CT molecular complexity index is 492. The minimum atomic E-state index is 0.279. The lowest BCUT2D eigenvalue weighted by Gasteiger charge is -2.40. The Morgan fingerprint density at radius 1 is 1.48 bits per heavy atom. The highest BCUT2D eigenvalue weighted by Crippen LogP contribution is 2.32. The van der Waals surface area contributed by atoms with Crippen LogP contribution in [-0.4, -0.2) is 44.4 Å². The molecule has 2 aliphatic heterocycles. The van der Waals surface area contributed by atoms with Crippen LogP contribution in [0.4, 0.5) is 0 Å². The number of likely N-dealkylation sites (tertiary alicyclic amines) is 1. The van der Waals surface area contributed by atoms with Crippen molar-refractivity contribution in [3.63, 3.8) is 0 Å². The fraction of sp³-hybridized carbons (Fsp3) is 0.647. The Morgan fingerprint density at radius 2 is 2.33 bits per heavy atom. The predicted octanol–water partition coefficient (Wildman–Crippen LogP) is 1.98. The number of ether oxygens (including phenoxy) is 2. The summed E-state index contributed by atoms with van der Waals surface area (Å²) in [7, 11) is 1.81. The van der Waals surface area contributed by atoms with E-state index in [1.165, 1.54) is 17.5 Å². The fourth-order valence-electron chi connectivity index (χ4n) is 3.56. The van der Waals surface area contributed by atoms with Gasteiger partial charge in [0.05, 0.1) is 12.7 Å². The Labute approximate surface area is 127 Å². The molecule has 0 aromatic heterocycles. The molecule has 3 atom stereocenters. The van der Waals surface area contributed by atoms with E-state index in [0.717, 1.165) is 31.9 Å². The molecule has 3 unspecified atom stereocenters. The summed E-state index contributed by atoms with van der Waals surface area (Å²) in [6, 6.07) is 6.82. The summed E-state index contributed by atoms with van der Waals surface area (Å²) in [6.07, 6.45) is 2.49. The van der Waals surface area contributed by atoms with Crippen molar-refractivity contribution in [3.05, 3.63) is 29.3 Å². The molecule has 21 heavy (non-hydrogen) atoms. The van der Waals surface area contributed by atoms with Crippen molar-refractivity contribution in [1.29, 1.82) is 0 Å². The van der Waals surface area contributed by atoms with Crippen molar-refractivity contribution in [2.45, 2.75) is 31.9 Å². The number of nitrogens with two attached hydrogens (primary N) is 1. The SMILES string of the molecule is COC1CN(C(CN)c2ccc3c(c2)CCO3)CCC1C. The number of methoxy groups -OCH3 is 1. The van der Waals surface area contributed by atoms with Crippen LogP contribution in [0.15, 0.2) is 18.2 Å². The lowest BCUT2D eigenvalue weighted by atomic mass is 9.92. The summed E-state index contributed by atoms with van der Waals surface area (Å²) in [5.74, 6) is 1.66. The van der Waals surface area contributed by atoms with Crippen LogP contribution in [0, 0.1) is 5.92 Å². The molecule has 1 saturated heterocycles. The van der Waals surface area contributed by atoms with Crippen molar-refractivity contribution in [1.82, 2.24) is 4.90 Å². The molecular weight excluding hydrogens is 264 g/mol. The van der Waals surface area contributed by atoms with Crippen LogP contribution in [0.25, 0.3) is 0 Å². The first-order valence-electron chi connectivity index (χ1n) is 7.95. The second kappa shape index (κ2) is 6.34. The second-order valence-electron chi connectivity index (χ2n) is 6.25. The highest BCUT2D eigenvalue weighted by atomic mass is 16.5. The maximum absolute atomic E-state index is 6.09. The van der Waals surface area contributed by atoms with Gasteiger partial charge in [0.2, 0.25) is 0 Å². The van der Waals surface area contributed by atoms with E-state index in [1.807, 2.05) is 7.11 Å². The maximum atomic E-state index is 6.09. The van der Waals surface area contributed by atoms with Crippen molar-refractivity contribution in [2.24, 2.45) is 11.7 Å². The molecule has 0 radical (unpaired) electrons. The first-order chi connectivity index (χ1) is 10.2. The molecule has 1 fully saturated rings. The predicted molar refractivity (Wildman–Crippen MR) is 83.6 cm³/mol. The van der Waals surface area contributed by atoms with E-state index in [2.05, 4.69) is 30.0 Å². The molecule has 116 valence electrons. The third kappa shape index (κ3) is 2.93. The number of hydrogen-bond acceptors (Lipinski definition) is 4. The molecule has 4 nitrogen and oxygen atoms in total. The van der Waals surface area contributed by atoms with E-state index in [4.69, 9.17) is 15.2 Å². The highest BCUT2D eigenvalue weighted by Gasteiger charge is 2.30. The first-order valence-corrected chi connectivity index (χ1v) is 7.95. The third-order valence-electron chi connectivity index (χ3n) is 4.99.